The molecule has 0 unspecified atom stereocenters. The van der Waals surface area contributed by atoms with Crippen LogP contribution in [0.1, 0.15) is 42.8 Å². The summed E-state index contributed by atoms with van der Waals surface area (Å²) in [6.45, 7) is 5.61. The molecule has 1 atom stereocenters. The molecule has 0 fully saturated rings. The lowest BCUT2D eigenvalue weighted by atomic mass is 10.1. The van der Waals surface area contributed by atoms with Crippen LogP contribution in [-0.2, 0) is 4.74 Å². The van der Waals surface area contributed by atoms with Crippen LogP contribution in [0.5, 0.6) is 0 Å². The number of carbonyl (C=O) groups excluding carboxylic acids is 1. The third-order valence-corrected chi connectivity index (χ3v) is 2.15. The van der Waals surface area contributed by atoms with Crippen LogP contribution >= 0.6 is 0 Å². The topological polar surface area (TPSA) is 72.5 Å². The summed E-state index contributed by atoms with van der Waals surface area (Å²) < 4.78 is 5.22. The van der Waals surface area contributed by atoms with E-state index in [1.165, 1.54) is 0 Å². The van der Waals surface area contributed by atoms with Gasteiger partial charge < -0.3 is 15.6 Å². The van der Waals surface area contributed by atoms with E-state index in [4.69, 9.17) is 10.5 Å². The van der Waals surface area contributed by atoms with Crippen molar-refractivity contribution in [2.75, 3.05) is 6.54 Å². The highest BCUT2D eigenvalue weighted by Gasteiger charge is 2.17. The van der Waals surface area contributed by atoms with E-state index in [0.717, 1.165) is 0 Å². The number of esters is 1. The number of nitrogens with two attached hydrogens (primary N) is 1. The van der Waals surface area contributed by atoms with Crippen molar-refractivity contribution in [3.05, 3.63) is 35.4 Å². The fraction of sp³-hybridized carbons (Fsp3) is 0.462. The van der Waals surface area contributed by atoms with Gasteiger partial charge >= 0.3 is 5.97 Å². The molecule has 1 aromatic carbocycles. The number of aliphatic hydroxyl groups is 1. The van der Waals surface area contributed by atoms with Gasteiger partial charge in [0.1, 0.15) is 5.60 Å². The molecular formula is C13H19NO3. The normalized spacial score (nSPS) is 13.2. The summed E-state index contributed by atoms with van der Waals surface area (Å²) in [4.78, 5) is 11.7. The zero-order valence-electron chi connectivity index (χ0n) is 10.4. The van der Waals surface area contributed by atoms with E-state index in [1.807, 2.05) is 20.8 Å². The molecule has 0 aliphatic heterocycles. The quantitative estimate of drug-likeness (QED) is 0.784. The molecule has 3 N–H and O–H groups in total. The third kappa shape index (κ3) is 4.17. The number of hydrogen-bond donors (Lipinski definition) is 2. The molecule has 0 heterocycles. The van der Waals surface area contributed by atoms with Crippen LogP contribution in [0.4, 0.5) is 0 Å². The first-order chi connectivity index (χ1) is 7.83. The minimum Gasteiger partial charge on any atom is -0.456 e. The van der Waals surface area contributed by atoms with Crippen molar-refractivity contribution in [1.82, 2.24) is 0 Å². The molecule has 0 spiro atoms. The fourth-order valence-corrected chi connectivity index (χ4v) is 1.31. The molecule has 0 bridgehead atoms. The molecule has 0 aliphatic rings. The van der Waals surface area contributed by atoms with E-state index in [9.17, 15) is 9.90 Å². The molecular weight excluding hydrogens is 218 g/mol. The van der Waals surface area contributed by atoms with Crippen molar-refractivity contribution >= 4 is 5.97 Å². The second-order valence-electron chi connectivity index (χ2n) is 4.88. The van der Waals surface area contributed by atoms with E-state index in [2.05, 4.69) is 0 Å². The van der Waals surface area contributed by atoms with E-state index >= 15 is 0 Å². The summed E-state index contributed by atoms with van der Waals surface area (Å²) in [6, 6.07) is 6.61. The average molecular weight is 237 g/mol. The molecule has 0 amide bonds. The lowest BCUT2D eigenvalue weighted by Crippen LogP contribution is -2.23. The van der Waals surface area contributed by atoms with Crippen LogP contribution in [0.15, 0.2) is 24.3 Å². The predicted molar refractivity (Wildman–Crippen MR) is 65.6 cm³/mol. The maximum atomic E-state index is 11.7. The number of ether oxygens (including phenoxy) is 1. The highest BCUT2D eigenvalue weighted by molar-refractivity contribution is 5.89. The standard InChI is InChI=1S/C13H19NO3/c1-13(2,3)17-12(16)10-6-4-9(5-7-10)11(15)8-14/h4-7,11,15H,8,14H2,1-3H3/t11-/m0/s1. The van der Waals surface area contributed by atoms with Crippen molar-refractivity contribution < 1.29 is 14.6 Å². The Hall–Kier alpha value is -1.39. The van der Waals surface area contributed by atoms with Gasteiger partial charge in [0.15, 0.2) is 0 Å². The molecule has 1 rings (SSSR count). The monoisotopic (exact) mass is 237 g/mol. The Bertz CT molecular complexity index is 379. The largest absolute Gasteiger partial charge is 0.456 e. The Morgan fingerprint density at radius 2 is 1.88 bits per heavy atom. The van der Waals surface area contributed by atoms with Gasteiger partial charge in [-0.05, 0) is 38.5 Å². The first-order valence-corrected chi connectivity index (χ1v) is 5.55. The van der Waals surface area contributed by atoms with Gasteiger partial charge in [-0.3, -0.25) is 0 Å². The van der Waals surface area contributed by atoms with Crippen LogP contribution in [0.3, 0.4) is 0 Å². The molecule has 4 nitrogen and oxygen atoms in total. The summed E-state index contributed by atoms with van der Waals surface area (Å²) in [6.07, 6.45) is -0.692. The second-order valence-corrected chi connectivity index (χ2v) is 4.88. The van der Waals surface area contributed by atoms with Crippen LogP contribution in [0, 0.1) is 0 Å². The van der Waals surface area contributed by atoms with Gasteiger partial charge in [0.2, 0.25) is 0 Å². The van der Waals surface area contributed by atoms with E-state index in [-0.39, 0.29) is 12.5 Å². The molecule has 4 heteroatoms. The number of rotatable bonds is 3. The van der Waals surface area contributed by atoms with Crippen LogP contribution < -0.4 is 5.73 Å². The summed E-state index contributed by atoms with van der Waals surface area (Å²) >= 11 is 0. The van der Waals surface area contributed by atoms with Gasteiger partial charge in [-0.25, -0.2) is 4.79 Å². The Balaban J connectivity index is 2.77. The summed E-state index contributed by atoms with van der Waals surface area (Å²) in [5.41, 5.74) is 6.00. The lowest BCUT2D eigenvalue weighted by molar-refractivity contribution is 0.00694. The Labute approximate surface area is 101 Å². The summed E-state index contributed by atoms with van der Waals surface area (Å²) in [5, 5.41) is 9.50. The fourth-order valence-electron chi connectivity index (χ4n) is 1.31. The van der Waals surface area contributed by atoms with Crippen molar-refractivity contribution in [3.63, 3.8) is 0 Å². The number of benzene rings is 1. The zero-order valence-corrected chi connectivity index (χ0v) is 10.4. The van der Waals surface area contributed by atoms with Crippen molar-refractivity contribution in [2.24, 2.45) is 5.73 Å². The van der Waals surface area contributed by atoms with Crippen molar-refractivity contribution in [1.29, 1.82) is 0 Å². The Morgan fingerprint density at radius 3 is 2.29 bits per heavy atom. The van der Waals surface area contributed by atoms with Gasteiger partial charge in [0.25, 0.3) is 0 Å². The minimum atomic E-state index is -0.692. The highest BCUT2D eigenvalue weighted by atomic mass is 16.6. The van der Waals surface area contributed by atoms with E-state index in [1.54, 1.807) is 24.3 Å². The second kappa shape index (κ2) is 5.29. The van der Waals surface area contributed by atoms with E-state index < -0.39 is 11.7 Å². The molecule has 0 aliphatic carbocycles. The predicted octanol–water partition coefficient (Wildman–Crippen LogP) is 1.63. The first kappa shape index (κ1) is 13.7. The highest BCUT2D eigenvalue weighted by Crippen LogP contribution is 2.15. The third-order valence-electron chi connectivity index (χ3n) is 2.15. The van der Waals surface area contributed by atoms with Crippen molar-refractivity contribution in [3.8, 4) is 0 Å². The molecule has 1 aromatic rings. The molecule has 94 valence electrons. The van der Waals surface area contributed by atoms with Crippen LogP contribution in [0.25, 0.3) is 0 Å². The maximum absolute atomic E-state index is 11.7. The molecule has 0 radical (unpaired) electrons. The Morgan fingerprint density at radius 1 is 1.35 bits per heavy atom. The van der Waals surface area contributed by atoms with Gasteiger partial charge in [-0.1, -0.05) is 12.1 Å². The number of carbonyl (C=O) groups is 1. The molecule has 0 aromatic heterocycles. The molecule has 0 saturated heterocycles. The van der Waals surface area contributed by atoms with Crippen LogP contribution in [0.2, 0.25) is 0 Å². The first-order valence-electron chi connectivity index (χ1n) is 5.55. The molecule has 0 saturated carbocycles. The van der Waals surface area contributed by atoms with Gasteiger partial charge in [0, 0.05) is 6.54 Å². The van der Waals surface area contributed by atoms with Gasteiger partial charge in [0.05, 0.1) is 11.7 Å². The molecule has 17 heavy (non-hydrogen) atoms. The SMILES string of the molecule is CC(C)(C)OC(=O)c1ccc([C@@H](O)CN)cc1. The van der Waals surface area contributed by atoms with Crippen LogP contribution in [-0.4, -0.2) is 23.2 Å². The zero-order chi connectivity index (χ0) is 13.1. The summed E-state index contributed by atoms with van der Waals surface area (Å²) in [5.74, 6) is -0.369. The lowest BCUT2D eigenvalue weighted by Gasteiger charge is -2.19. The van der Waals surface area contributed by atoms with Gasteiger partial charge in [-0.2, -0.15) is 0 Å². The number of aliphatic hydroxyl groups excluding tert-OH is 1. The van der Waals surface area contributed by atoms with Gasteiger partial charge in [-0.15, -0.1) is 0 Å². The summed E-state index contributed by atoms with van der Waals surface area (Å²) in [7, 11) is 0. The van der Waals surface area contributed by atoms with E-state index in [0.29, 0.717) is 11.1 Å². The minimum absolute atomic E-state index is 0.159. The smallest absolute Gasteiger partial charge is 0.338 e. The average Bonchev–Trinajstić information content (AvgIpc) is 2.26. The Kier molecular flexibility index (Phi) is 4.26. The van der Waals surface area contributed by atoms with Crippen molar-refractivity contribution in [2.45, 2.75) is 32.5 Å². The number of hydrogen-bond acceptors (Lipinski definition) is 4. The maximum Gasteiger partial charge on any atom is 0.338 e.